The van der Waals surface area contributed by atoms with Gasteiger partial charge in [0, 0.05) is 5.56 Å². The number of methoxy groups -OCH3 is 1. The van der Waals surface area contributed by atoms with Crippen molar-refractivity contribution < 1.29 is 19.4 Å². The molecule has 1 N–H and O–H groups in total. The standard InChI is InChI=1S/C11H12ClNO4/c1-3-11(15)7-4-8(12)13-9(16-2)6(7)5-17-10(11)14/h4,15H,3,5H2,1-2H3/t11-/m0/s1. The molecule has 0 fully saturated rings. The van der Waals surface area contributed by atoms with Crippen molar-refractivity contribution in [2.45, 2.75) is 25.6 Å². The molecule has 2 heterocycles. The third-order valence-electron chi connectivity index (χ3n) is 2.89. The van der Waals surface area contributed by atoms with Crippen molar-refractivity contribution in [1.82, 2.24) is 4.98 Å². The van der Waals surface area contributed by atoms with E-state index in [9.17, 15) is 9.90 Å². The molecular weight excluding hydrogens is 246 g/mol. The molecule has 92 valence electrons. The van der Waals surface area contributed by atoms with E-state index in [1.54, 1.807) is 6.92 Å². The second kappa shape index (κ2) is 4.16. The van der Waals surface area contributed by atoms with Gasteiger partial charge in [-0.15, -0.1) is 0 Å². The summed E-state index contributed by atoms with van der Waals surface area (Å²) in [5.41, 5.74) is -0.707. The lowest BCUT2D eigenvalue weighted by Crippen LogP contribution is -2.41. The number of rotatable bonds is 2. The zero-order chi connectivity index (χ0) is 12.6. The Hall–Kier alpha value is -1.33. The molecule has 1 aromatic heterocycles. The highest BCUT2D eigenvalue weighted by molar-refractivity contribution is 6.29. The smallest absolute Gasteiger partial charge is 0.343 e. The predicted octanol–water partition coefficient (Wildman–Crippen LogP) is 1.40. The third-order valence-corrected chi connectivity index (χ3v) is 3.08. The van der Waals surface area contributed by atoms with E-state index in [1.807, 2.05) is 0 Å². The number of hydrogen-bond acceptors (Lipinski definition) is 5. The van der Waals surface area contributed by atoms with E-state index in [0.29, 0.717) is 11.1 Å². The van der Waals surface area contributed by atoms with Crippen molar-refractivity contribution in [3.05, 3.63) is 22.3 Å². The number of hydrogen-bond donors (Lipinski definition) is 1. The fourth-order valence-electron chi connectivity index (χ4n) is 1.90. The van der Waals surface area contributed by atoms with Gasteiger partial charge >= 0.3 is 5.97 Å². The van der Waals surface area contributed by atoms with Crippen LogP contribution in [0.4, 0.5) is 0 Å². The van der Waals surface area contributed by atoms with Gasteiger partial charge in [-0.1, -0.05) is 18.5 Å². The third kappa shape index (κ3) is 1.75. The Morgan fingerprint density at radius 1 is 1.71 bits per heavy atom. The summed E-state index contributed by atoms with van der Waals surface area (Å²) in [4.78, 5) is 15.6. The van der Waals surface area contributed by atoms with Gasteiger partial charge in [0.25, 0.3) is 0 Å². The van der Waals surface area contributed by atoms with Gasteiger partial charge in [0.15, 0.2) is 5.60 Å². The highest BCUT2D eigenvalue weighted by Crippen LogP contribution is 2.38. The number of aliphatic hydroxyl groups is 1. The number of carbonyl (C=O) groups excluding carboxylic acids is 1. The topological polar surface area (TPSA) is 68.7 Å². The van der Waals surface area contributed by atoms with Gasteiger partial charge in [0.2, 0.25) is 5.88 Å². The van der Waals surface area contributed by atoms with Crippen molar-refractivity contribution in [1.29, 1.82) is 0 Å². The van der Waals surface area contributed by atoms with E-state index in [1.165, 1.54) is 13.2 Å². The van der Waals surface area contributed by atoms with E-state index >= 15 is 0 Å². The number of fused-ring (bicyclic) bond motifs is 1. The van der Waals surface area contributed by atoms with Gasteiger partial charge in [0.1, 0.15) is 11.8 Å². The number of esters is 1. The number of pyridine rings is 1. The molecule has 1 atom stereocenters. The Bertz CT molecular complexity index is 477. The van der Waals surface area contributed by atoms with Crippen molar-refractivity contribution in [3.8, 4) is 5.88 Å². The first-order valence-corrected chi connectivity index (χ1v) is 5.54. The van der Waals surface area contributed by atoms with Crippen LogP contribution in [-0.4, -0.2) is 23.2 Å². The van der Waals surface area contributed by atoms with Gasteiger partial charge in [-0.05, 0) is 12.5 Å². The van der Waals surface area contributed by atoms with Gasteiger partial charge < -0.3 is 14.6 Å². The van der Waals surface area contributed by atoms with Crippen LogP contribution in [0.1, 0.15) is 24.5 Å². The number of cyclic esters (lactones) is 1. The maximum atomic E-state index is 11.6. The lowest BCUT2D eigenvalue weighted by Gasteiger charge is -2.31. The van der Waals surface area contributed by atoms with Crippen LogP contribution in [0.15, 0.2) is 6.07 Å². The zero-order valence-corrected chi connectivity index (χ0v) is 10.2. The van der Waals surface area contributed by atoms with E-state index in [0.717, 1.165) is 0 Å². The minimum Gasteiger partial charge on any atom is -0.481 e. The molecule has 0 saturated carbocycles. The summed E-state index contributed by atoms with van der Waals surface area (Å²) in [5.74, 6) is -0.399. The maximum absolute atomic E-state index is 11.6. The number of halogens is 1. The first-order chi connectivity index (χ1) is 8.02. The van der Waals surface area contributed by atoms with E-state index in [-0.39, 0.29) is 24.1 Å². The van der Waals surface area contributed by atoms with E-state index in [4.69, 9.17) is 21.1 Å². The fourth-order valence-corrected chi connectivity index (χ4v) is 2.08. The van der Waals surface area contributed by atoms with Gasteiger partial charge in [-0.3, -0.25) is 0 Å². The highest BCUT2D eigenvalue weighted by Gasteiger charge is 2.44. The fraction of sp³-hybridized carbons (Fsp3) is 0.455. The average molecular weight is 258 g/mol. The summed E-state index contributed by atoms with van der Waals surface area (Å²) in [5, 5.41) is 10.5. The Balaban J connectivity index is 2.68. The molecule has 1 aliphatic heterocycles. The van der Waals surface area contributed by atoms with Crippen LogP contribution in [0.2, 0.25) is 5.15 Å². The molecule has 0 bridgehead atoms. The van der Waals surface area contributed by atoms with Crippen molar-refractivity contribution in [3.63, 3.8) is 0 Å². The molecule has 5 nitrogen and oxygen atoms in total. The largest absolute Gasteiger partial charge is 0.481 e. The molecule has 0 saturated heterocycles. The van der Waals surface area contributed by atoms with Crippen molar-refractivity contribution >= 4 is 17.6 Å². The highest BCUT2D eigenvalue weighted by atomic mass is 35.5. The first kappa shape index (κ1) is 12.1. The molecule has 17 heavy (non-hydrogen) atoms. The molecule has 1 aromatic rings. The van der Waals surface area contributed by atoms with Gasteiger partial charge in [0.05, 0.1) is 12.7 Å². The van der Waals surface area contributed by atoms with Crippen LogP contribution in [0.5, 0.6) is 5.88 Å². The average Bonchev–Trinajstić information content (AvgIpc) is 2.33. The molecule has 0 amide bonds. The Morgan fingerprint density at radius 3 is 3.00 bits per heavy atom. The minimum absolute atomic E-state index is 0.0316. The Labute approximate surface area is 103 Å². The monoisotopic (exact) mass is 257 g/mol. The van der Waals surface area contributed by atoms with Crippen LogP contribution < -0.4 is 4.74 Å². The normalized spacial score (nSPS) is 22.9. The summed E-state index contributed by atoms with van der Waals surface area (Å²) in [6, 6.07) is 1.48. The Morgan fingerprint density at radius 2 is 2.41 bits per heavy atom. The quantitative estimate of drug-likeness (QED) is 0.641. The summed E-state index contributed by atoms with van der Waals surface area (Å²) in [7, 11) is 1.44. The predicted molar refractivity (Wildman–Crippen MR) is 59.8 cm³/mol. The lowest BCUT2D eigenvalue weighted by atomic mass is 9.87. The van der Waals surface area contributed by atoms with E-state index in [2.05, 4.69) is 4.98 Å². The SMILES string of the molecule is CC[C@@]1(O)C(=O)OCc2c1cc(Cl)nc2OC. The van der Waals surface area contributed by atoms with Crippen molar-refractivity contribution in [2.75, 3.05) is 7.11 Å². The Kier molecular flexibility index (Phi) is 2.97. The molecule has 6 heteroatoms. The van der Waals surface area contributed by atoms with Gasteiger partial charge in [-0.25, -0.2) is 9.78 Å². The van der Waals surface area contributed by atoms with E-state index < -0.39 is 11.6 Å². The molecule has 0 spiro atoms. The molecule has 1 aliphatic rings. The molecule has 0 unspecified atom stereocenters. The minimum atomic E-state index is -1.67. The number of ether oxygens (including phenoxy) is 2. The lowest BCUT2D eigenvalue weighted by molar-refractivity contribution is -0.172. The van der Waals surface area contributed by atoms with Crippen molar-refractivity contribution in [2.24, 2.45) is 0 Å². The molecular formula is C11H12ClNO4. The molecule has 0 aromatic carbocycles. The van der Waals surface area contributed by atoms with Gasteiger partial charge in [-0.2, -0.15) is 0 Å². The second-order valence-corrected chi connectivity index (χ2v) is 4.16. The number of nitrogens with zero attached hydrogens (tertiary/aromatic N) is 1. The number of aromatic nitrogens is 1. The first-order valence-electron chi connectivity index (χ1n) is 5.16. The van der Waals surface area contributed by atoms with Crippen LogP contribution in [0, 0.1) is 0 Å². The van der Waals surface area contributed by atoms with Crippen LogP contribution in [-0.2, 0) is 21.7 Å². The summed E-state index contributed by atoms with van der Waals surface area (Å²) in [6.45, 7) is 1.72. The molecule has 0 aliphatic carbocycles. The summed E-state index contributed by atoms with van der Waals surface area (Å²) in [6.07, 6.45) is 0.197. The van der Waals surface area contributed by atoms with Crippen LogP contribution >= 0.6 is 11.6 Å². The van der Waals surface area contributed by atoms with Crippen LogP contribution in [0.3, 0.4) is 0 Å². The summed E-state index contributed by atoms with van der Waals surface area (Å²) >= 11 is 5.84. The number of carbonyl (C=O) groups is 1. The van der Waals surface area contributed by atoms with Crippen LogP contribution in [0.25, 0.3) is 0 Å². The second-order valence-electron chi connectivity index (χ2n) is 3.77. The maximum Gasteiger partial charge on any atom is 0.343 e. The molecule has 0 radical (unpaired) electrons. The zero-order valence-electron chi connectivity index (χ0n) is 9.49. The molecule has 2 rings (SSSR count). The summed E-state index contributed by atoms with van der Waals surface area (Å²) < 4.78 is 10.0.